The highest BCUT2D eigenvalue weighted by atomic mass is 35.5. The number of methoxy groups -OCH3 is 1. The molecule has 0 radical (unpaired) electrons. The Bertz CT molecular complexity index is 335. The third-order valence-corrected chi connectivity index (χ3v) is 3.78. The highest BCUT2D eigenvalue weighted by molar-refractivity contribution is 6.31. The zero-order valence-electron chi connectivity index (χ0n) is 9.97. The molecular weight excluding hydrogens is 243 g/mol. The average Bonchev–Trinajstić information content (AvgIpc) is 2.30. The van der Waals surface area contributed by atoms with E-state index in [0.717, 1.165) is 24.2 Å². The third kappa shape index (κ3) is 3.05. The summed E-state index contributed by atoms with van der Waals surface area (Å²) in [7, 11) is 1.66. The Morgan fingerprint density at radius 1 is 1.25 bits per heavy atom. The Morgan fingerprint density at radius 3 is 2.38 bits per heavy atom. The first-order valence-electron chi connectivity index (χ1n) is 5.61. The lowest BCUT2D eigenvalue weighted by atomic mass is 9.93. The van der Waals surface area contributed by atoms with Crippen LogP contribution in [0.3, 0.4) is 0 Å². The molecule has 0 saturated carbocycles. The molecule has 1 unspecified atom stereocenters. The zero-order chi connectivity index (χ0) is 12.1. The molecule has 0 fully saturated rings. The smallest absolute Gasteiger partial charge is 0.123 e. The van der Waals surface area contributed by atoms with Crippen LogP contribution in [0, 0.1) is 5.92 Å². The minimum atomic E-state index is -0.0383. The Balaban J connectivity index is 3.04. The van der Waals surface area contributed by atoms with Gasteiger partial charge in [0.2, 0.25) is 0 Å². The molecule has 90 valence electrons. The van der Waals surface area contributed by atoms with E-state index in [2.05, 4.69) is 13.8 Å². The SMILES string of the molecule is CCC(CC)C(Cl)c1cc(Cl)ccc1OC. The van der Waals surface area contributed by atoms with E-state index in [1.165, 1.54) is 0 Å². The molecule has 1 aromatic carbocycles. The number of ether oxygens (including phenoxy) is 1. The highest BCUT2D eigenvalue weighted by Crippen LogP contribution is 2.39. The van der Waals surface area contributed by atoms with Crippen LogP contribution in [-0.4, -0.2) is 7.11 Å². The van der Waals surface area contributed by atoms with Gasteiger partial charge in [-0.15, -0.1) is 11.6 Å². The molecule has 0 aromatic heterocycles. The molecule has 1 nitrogen and oxygen atoms in total. The van der Waals surface area contributed by atoms with Crippen LogP contribution < -0.4 is 4.74 Å². The largest absolute Gasteiger partial charge is 0.496 e. The molecule has 0 spiro atoms. The molecule has 16 heavy (non-hydrogen) atoms. The lowest BCUT2D eigenvalue weighted by molar-refractivity contribution is 0.398. The van der Waals surface area contributed by atoms with Gasteiger partial charge in [-0.3, -0.25) is 0 Å². The van der Waals surface area contributed by atoms with E-state index in [4.69, 9.17) is 27.9 Å². The molecule has 1 aromatic rings. The van der Waals surface area contributed by atoms with Crippen molar-refractivity contribution in [3.8, 4) is 5.75 Å². The van der Waals surface area contributed by atoms with Crippen molar-refractivity contribution in [1.29, 1.82) is 0 Å². The van der Waals surface area contributed by atoms with Gasteiger partial charge in [0, 0.05) is 10.6 Å². The van der Waals surface area contributed by atoms with Gasteiger partial charge in [0.15, 0.2) is 0 Å². The van der Waals surface area contributed by atoms with Crippen LogP contribution in [0.2, 0.25) is 5.02 Å². The molecule has 0 N–H and O–H groups in total. The van der Waals surface area contributed by atoms with Crippen molar-refractivity contribution in [2.75, 3.05) is 7.11 Å². The summed E-state index contributed by atoms with van der Waals surface area (Å²) in [4.78, 5) is 0. The summed E-state index contributed by atoms with van der Waals surface area (Å²) in [5.74, 6) is 1.27. The Morgan fingerprint density at radius 2 is 1.88 bits per heavy atom. The van der Waals surface area contributed by atoms with Gasteiger partial charge >= 0.3 is 0 Å². The summed E-state index contributed by atoms with van der Waals surface area (Å²) < 4.78 is 5.32. The number of rotatable bonds is 5. The van der Waals surface area contributed by atoms with Gasteiger partial charge in [-0.1, -0.05) is 38.3 Å². The fourth-order valence-electron chi connectivity index (χ4n) is 1.88. The maximum atomic E-state index is 6.49. The van der Waals surface area contributed by atoms with Gasteiger partial charge in [-0.05, 0) is 24.1 Å². The van der Waals surface area contributed by atoms with Crippen LogP contribution in [0.1, 0.15) is 37.6 Å². The number of hydrogen-bond donors (Lipinski definition) is 0. The fourth-order valence-corrected chi connectivity index (χ4v) is 2.58. The van der Waals surface area contributed by atoms with Crippen molar-refractivity contribution >= 4 is 23.2 Å². The van der Waals surface area contributed by atoms with E-state index >= 15 is 0 Å². The standard InChI is InChI=1S/C13H18Cl2O/c1-4-9(5-2)13(15)11-8-10(14)6-7-12(11)16-3/h6-9,13H,4-5H2,1-3H3. The second-order valence-corrected chi connectivity index (χ2v) is 4.77. The fraction of sp³-hybridized carbons (Fsp3) is 0.538. The van der Waals surface area contributed by atoms with Crippen LogP contribution in [0.4, 0.5) is 0 Å². The van der Waals surface area contributed by atoms with Crippen LogP contribution in [0.25, 0.3) is 0 Å². The highest BCUT2D eigenvalue weighted by Gasteiger charge is 2.21. The molecule has 0 amide bonds. The van der Waals surface area contributed by atoms with Gasteiger partial charge in [0.1, 0.15) is 5.75 Å². The maximum absolute atomic E-state index is 6.49. The zero-order valence-corrected chi connectivity index (χ0v) is 11.5. The van der Waals surface area contributed by atoms with Gasteiger partial charge in [-0.25, -0.2) is 0 Å². The number of halogens is 2. The van der Waals surface area contributed by atoms with E-state index < -0.39 is 0 Å². The normalized spacial score (nSPS) is 12.9. The molecule has 0 saturated heterocycles. The number of alkyl halides is 1. The van der Waals surface area contributed by atoms with Gasteiger partial charge in [0.25, 0.3) is 0 Å². The minimum absolute atomic E-state index is 0.0383. The molecule has 1 rings (SSSR count). The van der Waals surface area contributed by atoms with Gasteiger partial charge in [0.05, 0.1) is 12.5 Å². The van der Waals surface area contributed by atoms with Crippen molar-refractivity contribution in [3.05, 3.63) is 28.8 Å². The van der Waals surface area contributed by atoms with Crippen molar-refractivity contribution < 1.29 is 4.74 Å². The van der Waals surface area contributed by atoms with Crippen molar-refractivity contribution in [3.63, 3.8) is 0 Å². The van der Waals surface area contributed by atoms with Crippen molar-refractivity contribution in [1.82, 2.24) is 0 Å². The molecule has 0 aliphatic rings. The molecule has 3 heteroatoms. The monoisotopic (exact) mass is 260 g/mol. The third-order valence-electron chi connectivity index (χ3n) is 2.95. The van der Waals surface area contributed by atoms with Crippen LogP contribution in [-0.2, 0) is 0 Å². The second-order valence-electron chi connectivity index (χ2n) is 3.86. The number of benzene rings is 1. The summed E-state index contributed by atoms with van der Waals surface area (Å²) in [5.41, 5.74) is 0.991. The van der Waals surface area contributed by atoms with Gasteiger partial charge < -0.3 is 4.74 Å². The summed E-state index contributed by atoms with van der Waals surface area (Å²) in [6, 6.07) is 5.59. The first kappa shape index (κ1) is 13.7. The van der Waals surface area contributed by atoms with Gasteiger partial charge in [-0.2, -0.15) is 0 Å². The molecule has 0 bridgehead atoms. The molecule has 0 aliphatic carbocycles. The predicted octanol–water partition coefficient (Wildman–Crippen LogP) is 5.06. The first-order chi connectivity index (χ1) is 7.63. The quantitative estimate of drug-likeness (QED) is 0.673. The van der Waals surface area contributed by atoms with E-state index in [9.17, 15) is 0 Å². The minimum Gasteiger partial charge on any atom is -0.496 e. The van der Waals surface area contributed by atoms with E-state index in [1.54, 1.807) is 7.11 Å². The molecule has 0 aliphatic heterocycles. The summed E-state index contributed by atoms with van der Waals surface area (Å²) in [6.07, 6.45) is 2.11. The lowest BCUT2D eigenvalue weighted by Crippen LogP contribution is -2.07. The van der Waals surface area contributed by atoms with E-state index in [-0.39, 0.29) is 5.38 Å². The van der Waals surface area contributed by atoms with Crippen LogP contribution >= 0.6 is 23.2 Å². The topological polar surface area (TPSA) is 9.23 Å². The van der Waals surface area contributed by atoms with Crippen molar-refractivity contribution in [2.45, 2.75) is 32.1 Å². The maximum Gasteiger partial charge on any atom is 0.123 e. The summed E-state index contributed by atoms with van der Waals surface area (Å²) in [5, 5.41) is 0.663. The summed E-state index contributed by atoms with van der Waals surface area (Å²) in [6.45, 7) is 4.31. The Hall–Kier alpha value is -0.400. The predicted molar refractivity (Wildman–Crippen MR) is 70.7 cm³/mol. The lowest BCUT2D eigenvalue weighted by Gasteiger charge is -2.21. The van der Waals surface area contributed by atoms with Crippen LogP contribution in [0.5, 0.6) is 5.75 Å². The Kier molecular flexibility index (Phi) is 5.43. The summed E-state index contributed by atoms with van der Waals surface area (Å²) >= 11 is 12.5. The van der Waals surface area contributed by atoms with Crippen molar-refractivity contribution in [2.24, 2.45) is 5.92 Å². The Labute approximate surface area is 108 Å². The van der Waals surface area contributed by atoms with Crippen LogP contribution in [0.15, 0.2) is 18.2 Å². The first-order valence-corrected chi connectivity index (χ1v) is 6.42. The molecular formula is C13H18Cl2O. The average molecular weight is 261 g/mol. The second kappa shape index (κ2) is 6.36. The molecule has 0 heterocycles. The van der Waals surface area contributed by atoms with E-state index in [1.807, 2.05) is 18.2 Å². The van der Waals surface area contributed by atoms with E-state index in [0.29, 0.717) is 10.9 Å². The molecule has 1 atom stereocenters. The number of hydrogen-bond acceptors (Lipinski definition) is 1.